The average molecular weight is 275 g/mol. The van der Waals surface area contributed by atoms with Crippen LogP contribution in [-0.2, 0) is 4.74 Å². The van der Waals surface area contributed by atoms with Gasteiger partial charge in [-0.2, -0.15) is 0 Å². The van der Waals surface area contributed by atoms with Gasteiger partial charge in [0.05, 0.1) is 6.10 Å². The van der Waals surface area contributed by atoms with E-state index in [4.69, 9.17) is 4.74 Å². The number of nitrogens with one attached hydrogen (secondary N) is 1. The fraction of sp³-hybridized carbons (Fsp3) is 0.667. The van der Waals surface area contributed by atoms with Gasteiger partial charge in [-0.25, -0.2) is 0 Å². The summed E-state index contributed by atoms with van der Waals surface area (Å²) in [5.74, 6) is 0. The molecule has 2 unspecified atom stereocenters. The first kappa shape index (κ1) is 15.5. The Balaban J connectivity index is 2.11. The lowest BCUT2D eigenvalue weighted by Crippen LogP contribution is -2.29. The van der Waals surface area contributed by atoms with E-state index >= 15 is 0 Å². The number of hydrogen-bond donors (Lipinski definition) is 1. The Morgan fingerprint density at radius 1 is 1.30 bits per heavy atom. The molecule has 2 atom stereocenters. The molecule has 1 aromatic carbocycles. The predicted octanol–water partition coefficient (Wildman–Crippen LogP) is 4.30. The Kier molecular flexibility index (Phi) is 6.06. The molecule has 0 saturated carbocycles. The second-order valence-electron chi connectivity index (χ2n) is 6.02. The van der Waals surface area contributed by atoms with Gasteiger partial charge in [0.25, 0.3) is 0 Å². The second kappa shape index (κ2) is 7.80. The van der Waals surface area contributed by atoms with Gasteiger partial charge in [-0.15, -0.1) is 0 Å². The van der Waals surface area contributed by atoms with Crippen LogP contribution < -0.4 is 5.32 Å². The van der Waals surface area contributed by atoms with Gasteiger partial charge < -0.3 is 10.1 Å². The largest absolute Gasteiger partial charge is 0.378 e. The molecule has 112 valence electrons. The minimum absolute atomic E-state index is 0.429. The van der Waals surface area contributed by atoms with Crippen LogP contribution >= 0.6 is 0 Å². The van der Waals surface area contributed by atoms with Gasteiger partial charge in [0, 0.05) is 12.6 Å². The molecule has 1 fully saturated rings. The minimum Gasteiger partial charge on any atom is -0.378 e. The van der Waals surface area contributed by atoms with Crippen molar-refractivity contribution in [2.75, 3.05) is 13.2 Å². The van der Waals surface area contributed by atoms with E-state index in [0.29, 0.717) is 12.1 Å². The zero-order chi connectivity index (χ0) is 14.4. The molecular formula is C18H29NO. The molecule has 2 rings (SSSR count). The smallest absolute Gasteiger partial charge is 0.0593 e. The van der Waals surface area contributed by atoms with E-state index < -0.39 is 0 Å². The van der Waals surface area contributed by atoms with Crippen LogP contribution in [0.4, 0.5) is 0 Å². The molecule has 2 heteroatoms. The molecule has 0 spiro atoms. The lowest BCUT2D eigenvalue weighted by Gasteiger charge is -2.29. The molecule has 1 aromatic rings. The second-order valence-corrected chi connectivity index (χ2v) is 6.02. The fourth-order valence-electron chi connectivity index (χ4n) is 3.05. The topological polar surface area (TPSA) is 21.3 Å². The van der Waals surface area contributed by atoms with Gasteiger partial charge in [0.2, 0.25) is 0 Å². The third-order valence-corrected chi connectivity index (χ3v) is 4.44. The summed E-state index contributed by atoms with van der Waals surface area (Å²) in [4.78, 5) is 0. The summed E-state index contributed by atoms with van der Waals surface area (Å²) < 4.78 is 5.94. The summed E-state index contributed by atoms with van der Waals surface area (Å²) in [7, 11) is 0. The molecule has 0 amide bonds. The van der Waals surface area contributed by atoms with Crippen LogP contribution in [0.15, 0.2) is 18.2 Å². The van der Waals surface area contributed by atoms with Gasteiger partial charge in [-0.05, 0) is 69.2 Å². The highest BCUT2D eigenvalue weighted by Gasteiger charge is 2.21. The van der Waals surface area contributed by atoms with Crippen molar-refractivity contribution in [2.45, 2.75) is 65.0 Å². The summed E-state index contributed by atoms with van der Waals surface area (Å²) in [5.41, 5.74) is 4.26. The van der Waals surface area contributed by atoms with Crippen LogP contribution in [0.3, 0.4) is 0 Å². The molecule has 0 radical (unpaired) electrons. The molecule has 20 heavy (non-hydrogen) atoms. The molecule has 2 nitrogen and oxygen atoms in total. The highest BCUT2D eigenvalue weighted by Crippen LogP contribution is 2.28. The summed E-state index contributed by atoms with van der Waals surface area (Å²) in [5, 5.41) is 3.72. The molecule has 0 aliphatic carbocycles. The van der Waals surface area contributed by atoms with E-state index in [1.54, 1.807) is 0 Å². The van der Waals surface area contributed by atoms with Gasteiger partial charge in [0.15, 0.2) is 0 Å². The lowest BCUT2D eigenvalue weighted by molar-refractivity contribution is 0.00501. The quantitative estimate of drug-likeness (QED) is 0.835. The van der Waals surface area contributed by atoms with E-state index in [-0.39, 0.29) is 0 Å². The van der Waals surface area contributed by atoms with E-state index in [9.17, 15) is 0 Å². The standard InChI is InChI=1S/C18H29NO/c1-4-11-19-18(13-16-9-5-6-12-20-16)17-10-7-8-14(2)15(17)3/h7-8,10,16,18-19H,4-6,9,11-13H2,1-3H3. The van der Waals surface area contributed by atoms with Crippen LogP contribution in [0.25, 0.3) is 0 Å². The van der Waals surface area contributed by atoms with Crippen LogP contribution in [0.1, 0.15) is 61.8 Å². The molecule has 1 N–H and O–H groups in total. The summed E-state index contributed by atoms with van der Waals surface area (Å²) in [6.45, 7) is 8.69. The van der Waals surface area contributed by atoms with Crippen molar-refractivity contribution in [1.29, 1.82) is 0 Å². The molecule has 1 heterocycles. The van der Waals surface area contributed by atoms with Crippen molar-refractivity contribution in [3.63, 3.8) is 0 Å². The maximum absolute atomic E-state index is 5.94. The maximum Gasteiger partial charge on any atom is 0.0593 e. The van der Waals surface area contributed by atoms with Crippen LogP contribution in [0.2, 0.25) is 0 Å². The van der Waals surface area contributed by atoms with Gasteiger partial charge in [0.1, 0.15) is 0 Å². The first-order valence-corrected chi connectivity index (χ1v) is 8.13. The Hall–Kier alpha value is -0.860. The first-order chi connectivity index (χ1) is 9.72. The first-order valence-electron chi connectivity index (χ1n) is 8.13. The monoisotopic (exact) mass is 275 g/mol. The number of ether oxygens (including phenoxy) is 1. The highest BCUT2D eigenvalue weighted by molar-refractivity contribution is 5.35. The van der Waals surface area contributed by atoms with Crippen molar-refractivity contribution in [3.8, 4) is 0 Å². The fourth-order valence-corrected chi connectivity index (χ4v) is 3.05. The van der Waals surface area contributed by atoms with E-state index in [1.165, 1.54) is 42.4 Å². The summed E-state index contributed by atoms with van der Waals surface area (Å²) in [6.07, 6.45) is 6.47. The Bertz CT molecular complexity index is 410. The molecule has 1 aliphatic rings. The number of benzene rings is 1. The van der Waals surface area contributed by atoms with E-state index in [0.717, 1.165) is 19.6 Å². The van der Waals surface area contributed by atoms with Crippen molar-refractivity contribution < 1.29 is 4.74 Å². The molecule has 0 aromatic heterocycles. The van der Waals surface area contributed by atoms with Crippen LogP contribution in [0, 0.1) is 13.8 Å². The maximum atomic E-state index is 5.94. The van der Waals surface area contributed by atoms with Gasteiger partial charge in [-0.1, -0.05) is 25.1 Å². The zero-order valence-corrected chi connectivity index (χ0v) is 13.2. The number of aryl methyl sites for hydroxylation is 1. The molecule has 1 saturated heterocycles. The van der Waals surface area contributed by atoms with Crippen LogP contribution in [-0.4, -0.2) is 19.3 Å². The highest BCUT2D eigenvalue weighted by atomic mass is 16.5. The average Bonchev–Trinajstić information content (AvgIpc) is 2.48. The molecule has 0 bridgehead atoms. The van der Waals surface area contributed by atoms with Gasteiger partial charge in [-0.3, -0.25) is 0 Å². The zero-order valence-electron chi connectivity index (χ0n) is 13.2. The molecule has 1 aliphatic heterocycles. The van der Waals surface area contributed by atoms with Crippen molar-refractivity contribution in [2.24, 2.45) is 0 Å². The Morgan fingerprint density at radius 2 is 2.15 bits per heavy atom. The SMILES string of the molecule is CCCNC(CC1CCCCO1)c1cccc(C)c1C. The Morgan fingerprint density at radius 3 is 2.85 bits per heavy atom. The third kappa shape index (κ3) is 4.07. The lowest BCUT2D eigenvalue weighted by atomic mass is 9.92. The van der Waals surface area contributed by atoms with Crippen molar-refractivity contribution >= 4 is 0 Å². The number of hydrogen-bond acceptors (Lipinski definition) is 2. The van der Waals surface area contributed by atoms with Gasteiger partial charge >= 0.3 is 0 Å². The van der Waals surface area contributed by atoms with Crippen molar-refractivity contribution in [1.82, 2.24) is 5.32 Å². The van der Waals surface area contributed by atoms with Crippen LogP contribution in [0.5, 0.6) is 0 Å². The summed E-state index contributed by atoms with van der Waals surface area (Å²) >= 11 is 0. The number of rotatable bonds is 6. The Labute approximate surface area is 123 Å². The third-order valence-electron chi connectivity index (χ3n) is 4.44. The van der Waals surface area contributed by atoms with E-state index in [1.807, 2.05) is 0 Å². The van der Waals surface area contributed by atoms with E-state index in [2.05, 4.69) is 44.3 Å². The normalized spacial score (nSPS) is 20.9. The molecular weight excluding hydrogens is 246 g/mol. The predicted molar refractivity (Wildman–Crippen MR) is 85.2 cm³/mol. The minimum atomic E-state index is 0.429. The summed E-state index contributed by atoms with van der Waals surface area (Å²) in [6, 6.07) is 7.09. The van der Waals surface area contributed by atoms with Crippen molar-refractivity contribution in [3.05, 3.63) is 34.9 Å².